The van der Waals surface area contributed by atoms with E-state index in [9.17, 15) is 4.79 Å². The molecule has 0 spiro atoms. The summed E-state index contributed by atoms with van der Waals surface area (Å²) in [6.07, 6.45) is 2.75. The number of para-hydroxylation sites is 1. The third-order valence-corrected chi connectivity index (χ3v) is 5.49. The Hall–Kier alpha value is -2.47. The van der Waals surface area contributed by atoms with Crippen molar-refractivity contribution in [3.8, 4) is 5.69 Å². The molecule has 1 N–H and O–H groups in total. The molecule has 1 fully saturated rings. The van der Waals surface area contributed by atoms with Crippen molar-refractivity contribution < 1.29 is 4.79 Å². The maximum Gasteiger partial charge on any atom is 0.224 e. The Kier molecular flexibility index (Phi) is 4.59. The van der Waals surface area contributed by atoms with Gasteiger partial charge in [0.2, 0.25) is 5.91 Å². The van der Waals surface area contributed by atoms with E-state index in [2.05, 4.69) is 37.6 Å². The first-order valence-corrected chi connectivity index (χ1v) is 9.45. The Labute approximate surface area is 160 Å². The molecule has 0 radical (unpaired) electrons. The first kappa shape index (κ1) is 17.0. The molecule has 1 amide bonds. The zero-order valence-corrected chi connectivity index (χ0v) is 15.9. The van der Waals surface area contributed by atoms with Crippen LogP contribution in [0, 0.1) is 5.92 Å². The van der Waals surface area contributed by atoms with Crippen LogP contribution in [-0.2, 0) is 4.79 Å². The highest BCUT2D eigenvalue weighted by molar-refractivity contribution is 9.10. The number of rotatable bonds is 5. The van der Waals surface area contributed by atoms with E-state index >= 15 is 0 Å². The molecular weight excluding hydrogens is 392 g/mol. The molecule has 26 heavy (non-hydrogen) atoms. The summed E-state index contributed by atoms with van der Waals surface area (Å²) in [6.45, 7) is 1.94. The summed E-state index contributed by atoms with van der Waals surface area (Å²) in [5.41, 5.74) is 2.90. The van der Waals surface area contributed by atoms with E-state index in [0.29, 0.717) is 0 Å². The van der Waals surface area contributed by atoms with Crippen LogP contribution in [0.5, 0.6) is 0 Å². The maximum atomic E-state index is 12.6. The van der Waals surface area contributed by atoms with Crippen LogP contribution in [0.25, 0.3) is 5.69 Å². The van der Waals surface area contributed by atoms with Gasteiger partial charge in [0.25, 0.3) is 0 Å². The molecule has 0 bridgehead atoms. The van der Waals surface area contributed by atoms with E-state index in [0.717, 1.165) is 22.3 Å². The molecule has 1 aliphatic rings. The van der Waals surface area contributed by atoms with E-state index in [1.807, 2.05) is 61.7 Å². The van der Waals surface area contributed by atoms with Gasteiger partial charge in [0.1, 0.15) is 5.69 Å². The second-order valence-corrected chi connectivity index (χ2v) is 7.48. The third kappa shape index (κ3) is 3.42. The summed E-state index contributed by atoms with van der Waals surface area (Å²) in [4.78, 5) is 12.6. The number of carbonyl (C=O) groups is 1. The van der Waals surface area contributed by atoms with Crippen LogP contribution in [-0.4, -0.2) is 20.9 Å². The monoisotopic (exact) mass is 410 g/mol. The highest BCUT2D eigenvalue weighted by Gasteiger charge is 2.45. The van der Waals surface area contributed by atoms with Gasteiger partial charge in [-0.1, -0.05) is 57.5 Å². The molecule has 5 nitrogen and oxygen atoms in total. The standard InChI is InChI=1S/C20H19BrN4O/c1-13(19-12-25(24-23-19)14-7-3-2-4-8-14)22-20(26)17-11-16(17)15-9-5-6-10-18(15)21/h2-10,12-13,16-17H,11H2,1H3,(H,22,26)/t13-,16-,17+/m0/s1. The number of carbonyl (C=O) groups excluding carboxylic acids is 1. The molecule has 0 aliphatic heterocycles. The highest BCUT2D eigenvalue weighted by atomic mass is 79.9. The Bertz CT molecular complexity index is 924. The van der Waals surface area contributed by atoms with E-state index in [-0.39, 0.29) is 23.8 Å². The third-order valence-electron chi connectivity index (χ3n) is 4.77. The van der Waals surface area contributed by atoms with Gasteiger partial charge in [0.15, 0.2) is 0 Å². The van der Waals surface area contributed by atoms with Crippen LogP contribution in [0.2, 0.25) is 0 Å². The van der Waals surface area contributed by atoms with Crippen LogP contribution in [0.1, 0.15) is 36.6 Å². The van der Waals surface area contributed by atoms with Crippen molar-refractivity contribution in [1.29, 1.82) is 0 Å². The predicted octanol–water partition coefficient (Wildman–Crippen LogP) is 4.01. The van der Waals surface area contributed by atoms with E-state index < -0.39 is 0 Å². The van der Waals surface area contributed by atoms with Gasteiger partial charge in [-0.2, -0.15) is 0 Å². The molecule has 132 valence electrons. The number of hydrogen-bond acceptors (Lipinski definition) is 3. The smallest absolute Gasteiger partial charge is 0.224 e. The zero-order valence-electron chi connectivity index (χ0n) is 14.3. The molecule has 3 aromatic rings. The minimum atomic E-state index is -0.180. The van der Waals surface area contributed by atoms with Gasteiger partial charge >= 0.3 is 0 Å². The molecule has 1 heterocycles. The van der Waals surface area contributed by atoms with Gasteiger partial charge in [-0.05, 0) is 43.0 Å². The summed E-state index contributed by atoms with van der Waals surface area (Å²) in [7, 11) is 0. The van der Waals surface area contributed by atoms with Crippen LogP contribution >= 0.6 is 15.9 Å². The SMILES string of the molecule is C[C@H](NC(=O)[C@@H]1C[C@H]1c1ccccc1Br)c1cn(-c2ccccc2)nn1. The van der Waals surface area contributed by atoms with Gasteiger partial charge in [-0.3, -0.25) is 4.79 Å². The molecule has 6 heteroatoms. The first-order chi connectivity index (χ1) is 12.6. The number of benzene rings is 2. The number of amides is 1. The second-order valence-electron chi connectivity index (χ2n) is 6.62. The van der Waals surface area contributed by atoms with E-state index in [1.165, 1.54) is 5.56 Å². The van der Waals surface area contributed by atoms with E-state index in [1.54, 1.807) is 4.68 Å². The van der Waals surface area contributed by atoms with Crippen molar-refractivity contribution in [3.63, 3.8) is 0 Å². The number of nitrogens with zero attached hydrogens (tertiary/aromatic N) is 3. The topological polar surface area (TPSA) is 59.8 Å². The lowest BCUT2D eigenvalue weighted by Gasteiger charge is -2.11. The van der Waals surface area contributed by atoms with Crippen molar-refractivity contribution in [2.24, 2.45) is 5.92 Å². The molecule has 1 aromatic heterocycles. The molecular formula is C20H19BrN4O. The fourth-order valence-corrected chi connectivity index (χ4v) is 3.76. The van der Waals surface area contributed by atoms with Gasteiger partial charge < -0.3 is 5.32 Å². The lowest BCUT2D eigenvalue weighted by molar-refractivity contribution is -0.123. The summed E-state index contributed by atoms with van der Waals surface area (Å²) in [5, 5.41) is 11.4. The lowest BCUT2D eigenvalue weighted by atomic mass is 10.1. The summed E-state index contributed by atoms with van der Waals surface area (Å²) < 4.78 is 2.79. The fraction of sp³-hybridized carbons (Fsp3) is 0.250. The zero-order chi connectivity index (χ0) is 18.1. The molecule has 1 saturated carbocycles. The Morgan fingerprint density at radius 1 is 1.19 bits per heavy atom. The number of hydrogen-bond donors (Lipinski definition) is 1. The second kappa shape index (κ2) is 7.03. The van der Waals surface area contributed by atoms with E-state index in [4.69, 9.17) is 0 Å². The van der Waals surface area contributed by atoms with Crippen molar-refractivity contribution >= 4 is 21.8 Å². The summed E-state index contributed by atoms with van der Waals surface area (Å²) in [5.74, 6) is 0.394. The largest absolute Gasteiger partial charge is 0.348 e. The van der Waals surface area contributed by atoms with Crippen molar-refractivity contribution in [2.75, 3.05) is 0 Å². The molecule has 3 atom stereocenters. The van der Waals surface area contributed by atoms with Gasteiger partial charge in [-0.15, -0.1) is 5.10 Å². The van der Waals surface area contributed by atoms with Crippen LogP contribution < -0.4 is 5.32 Å². The number of aromatic nitrogens is 3. The summed E-state index contributed by atoms with van der Waals surface area (Å²) in [6, 6.07) is 17.7. The minimum absolute atomic E-state index is 0.0281. The quantitative estimate of drug-likeness (QED) is 0.690. The van der Waals surface area contributed by atoms with Crippen LogP contribution in [0.4, 0.5) is 0 Å². The Morgan fingerprint density at radius 2 is 1.92 bits per heavy atom. The van der Waals surface area contributed by atoms with Crippen LogP contribution in [0.3, 0.4) is 0 Å². The maximum absolute atomic E-state index is 12.6. The highest BCUT2D eigenvalue weighted by Crippen LogP contribution is 2.49. The average Bonchev–Trinajstić information content (AvgIpc) is 3.30. The normalized spacial score (nSPS) is 19.8. The molecule has 0 unspecified atom stereocenters. The fourth-order valence-electron chi connectivity index (χ4n) is 3.18. The van der Waals surface area contributed by atoms with Gasteiger partial charge in [0, 0.05) is 10.4 Å². The average molecular weight is 411 g/mol. The first-order valence-electron chi connectivity index (χ1n) is 8.66. The van der Waals surface area contributed by atoms with Crippen molar-refractivity contribution in [3.05, 3.63) is 76.5 Å². The molecule has 2 aromatic carbocycles. The lowest BCUT2D eigenvalue weighted by Crippen LogP contribution is -2.28. The van der Waals surface area contributed by atoms with Gasteiger partial charge in [0.05, 0.1) is 17.9 Å². The van der Waals surface area contributed by atoms with Gasteiger partial charge in [-0.25, -0.2) is 4.68 Å². The van der Waals surface area contributed by atoms with Crippen molar-refractivity contribution in [2.45, 2.75) is 25.3 Å². The van der Waals surface area contributed by atoms with Crippen LogP contribution in [0.15, 0.2) is 65.3 Å². The van der Waals surface area contributed by atoms with Crippen molar-refractivity contribution in [1.82, 2.24) is 20.3 Å². The number of halogens is 1. The minimum Gasteiger partial charge on any atom is -0.348 e. The predicted molar refractivity (Wildman–Crippen MR) is 103 cm³/mol. The Balaban J connectivity index is 1.40. The Morgan fingerprint density at radius 3 is 2.69 bits per heavy atom. The molecule has 4 rings (SSSR count). The number of nitrogens with one attached hydrogen (secondary N) is 1. The summed E-state index contributed by atoms with van der Waals surface area (Å²) >= 11 is 3.57. The molecule has 1 aliphatic carbocycles. The molecule has 0 saturated heterocycles.